The number of rotatable bonds is 8. The Kier molecular flexibility index (Phi) is 7.99. The van der Waals surface area contributed by atoms with Gasteiger partial charge in [-0.25, -0.2) is 0 Å². The molecular weight excluding hydrogens is 375 g/mol. The zero-order valence-corrected chi connectivity index (χ0v) is 15.4. The Balaban J connectivity index is 1.62. The van der Waals surface area contributed by atoms with Crippen LogP contribution in [0, 0.1) is 0 Å². The first-order chi connectivity index (χ1) is 12.5. The van der Waals surface area contributed by atoms with Crippen LogP contribution in [0.4, 0.5) is 0 Å². The van der Waals surface area contributed by atoms with Crippen molar-refractivity contribution in [2.45, 2.75) is 0 Å². The van der Waals surface area contributed by atoms with E-state index in [1.165, 1.54) is 12.1 Å². The van der Waals surface area contributed by atoms with E-state index < -0.39 is 0 Å². The van der Waals surface area contributed by atoms with Crippen molar-refractivity contribution in [3.05, 3.63) is 70.2 Å². The fraction of sp³-hybridized carbons (Fsp3) is 0.158. The number of hydrogen-bond acceptors (Lipinski definition) is 3. The number of carbonyl (C=O) groups is 2. The molecule has 2 amide bonds. The van der Waals surface area contributed by atoms with Crippen molar-refractivity contribution < 1.29 is 14.3 Å². The van der Waals surface area contributed by atoms with Gasteiger partial charge in [0, 0.05) is 24.2 Å². The summed E-state index contributed by atoms with van der Waals surface area (Å²) in [5.74, 6) is -0.164. The number of hydrogen-bond donors (Lipinski definition) is 2. The van der Waals surface area contributed by atoms with Gasteiger partial charge >= 0.3 is 0 Å². The molecule has 0 aliphatic carbocycles. The number of carbonyl (C=O) groups excluding carboxylic acids is 2. The maximum Gasteiger partial charge on any atom is 0.258 e. The molecule has 0 aliphatic rings. The zero-order chi connectivity index (χ0) is 18.8. The van der Waals surface area contributed by atoms with Gasteiger partial charge in [0.15, 0.2) is 6.61 Å². The Morgan fingerprint density at radius 1 is 1.00 bits per heavy atom. The first kappa shape index (κ1) is 19.8. The maximum atomic E-state index is 11.7. The van der Waals surface area contributed by atoms with E-state index >= 15 is 0 Å². The lowest BCUT2D eigenvalue weighted by atomic mass is 10.2. The molecule has 0 bridgehead atoms. The van der Waals surface area contributed by atoms with Crippen LogP contribution >= 0.6 is 23.2 Å². The van der Waals surface area contributed by atoms with Crippen molar-refractivity contribution >= 4 is 41.1 Å². The summed E-state index contributed by atoms with van der Waals surface area (Å²) in [4.78, 5) is 23.4. The monoisotopic (exact) mass is 392 g/mol. The highest BCUT2D eigenvalue weighted by Gasteiger charge is 2.06. The predicted molar refractivity (Wildman–Crippen MR) is 103 cm³/mol. The van der Waals surface area contributed by atoms with Crippen LogP contribution in [0.2, 0.25) is 10.0 Å². The Hall–Kier alpha value is -2.50. The van der Waals surface area contributed by atoms with E-state index in [0.29, 0.717) is 28.9 Å². The van der Waals surface area contributed by atoms with Gasteiger partial charge in [-0.1, -0.05) is 53.5 Å². The van der Waals surface area contributed by atoms with Crippen LogP contribution in [0.15, 0.2) is 54.6 Å². The lowest BCUT2D eigenvalue weighted by molar-refractivity contribution is -0.123. The highest BCUT2D eigenvalue weighted by molar-refractivity contribution is 6.35. The first-order valence-corrected chi connectivity index (χ1v) is 8.66. The molecule has 136 valence electrons. The fourth-order valence-electron chi connectivity index (χ4n) is 1.97. The van der Waals surface area contributed by atoms with Crippen LogP contribution in [0.5, 0.6) is 5.75 Å². The maximum absolute atomic E-state index is 11.7. The van der Waals surface area contributed by atoms with Crippen LogP contribution in [-0.2, 0) is 9.59 Å². The summed E-state index contributed by atoms with van der Waals surface area (Å²) >= 11 is 11.7. The zero-order valence-electron chi connectivity index (χ0n) is 13.9. The number of halogens is 2. The van der Waals surface area contributed by atoms with Crippen molar-refractivity contribution in [1.82, 2.24) is 10.6 Å². The van der Waals surface area contributed by atoms with Gasteiger partial charge in [0.2, 0.25) is 5.91 Å². The van der Waals surface area contributed by atoms with Gasteiger partial charge in [-0.15, -0.1) is 0 Å². The average molecular weight is 393 g/mol. The summed E-state index contributed by atoms with van der Waals surface area (Å²) in [6.07, 6.45) is 3.17. The smallest absolute Gasteiger partial charge is 0.258 e. The third-order valence-corrected chi connectivity index (χ3v) is 3.76. The molecule has 0 atom stereocenters. The topological polar surface area (TPSA) is 67.4 Å². The van der Waals surface area contributed by atoms with E-state index in [9.17, 15) is 9.59 Å². The minimum absolute atomic E-state index is 0.177. The molecule has 2 aromatic carbocycles. The number of nitrogens with one attached hydrogen (secondary N) is 2. The molecule has 0 aromatic heterocycles. The lowest BCUT2D eigenvalue weighted by Crippen LogP contribution is -2.36. The van der Waals surface area contributed by atoms with E-state index in [0.717, 1.165) is 5.56 Å². The van der Waals surface area contributed by atoms with Crippen LogP contribution in [0.25, 0.3) is 6.08 Å². The van der Waals surface area contributed by atoms with Gasteiger partial charge in [0.1, 0.15) is 5.75 Å². The van der Waals surface area contributed by atoms with Crippen LogP contribution in [-0.4, -0.2) is 31.5 Å². The van der Waals surface area contributed by atoms with Crippen molar-refractivity contribution in [1.29, 1.82) is 0 Å². The third kappa shape index (κ3) is 7.17. The molecule has 0 fully saturated rings. The molecule has 0 saturated carbocycles. The summed E-state index contributed by atoms with van der Waals surface area (Å²) in [7, 11) is 0. The summed E-state index contributed by atoms with van der Waals surface area (Å²) in [5, 5.41) is 6.15. The van der Waals surface area contributed by atoms with Gasteiger partial charge < -0.3 is 15.4 Å². The first-order valence-electron chi connectivity index (χ1n) is 7.90. The van der Waals surface area contributed by atoms with E-state index in [4.69, 9.17) is 27.9 Å². The predicted octanol–water partition coefficient (Wildman–Crippen LogP) is 3.32. The Morgan fingerprint density at radius 3 is 2.46 bits per heavy atom. The molecule has 2 N–H and O–H groups in total. The molecule has 0 saturated heterocycles. The highest BCUT2D eigenvalue weighted by Crippen LogP contribution is 2.27. The molecule has 0 spiro atoms. The van der Waals surface area contributed by atoms with Crippen LogP contribution in [0.3, 0.4) is 0 Å². The summed E-state index contributed by atoms with van der Waals surface area (Å²) < 4.78 is 5.32. The Labute approximate surface area is 161 Å². The van der Waals surface area contributed by atoms with E-state index in [-0.39, 0.29) is 18.4 Å². The molecule has 2 rings (SSSR count). The molecule has 2 aromatic rings. The minimum Gasteiger partial charge on any atom is -0.482 e. The number of ether oxygens (including phenoxy) is 1. The molecule has 0 radical (unpaired) electrons. The van der Waals surface area contributed by atoms with Gasteiger partial charge in [0.05, 0.1) is 5.02 Å². The Morgan fingerprint density at radius 2 is 1.73 bits per heavy atom. The molecule has 0 unspecified atom stereocenters. The highest BCUT2D eigenvalue weighted by atomic mass is 35.5. The quantitative estimate of drug-likeness (QED) is 0.534. The number of benzene rings is 2. The van der Waals surface area contributed by atoms with Crippen molar-refractivity contribution in [2.75, 3.05) is 19.7 Å². The minimum atomic E-state index is -0.315. The molecule has 7 heteroatoms. The molecule has 5 nitrogen and oxygen atoms in total. The van der Waals surface area contributed by atoms with E-state index in [2.05, 4.69) is 10.6 Å². The van der Waals surface area contributed by atoms with Gasteiger partial charge in [-0.2, -0.15) is 0 Å². The average Bonchev–Trinajstić information content (AvgIpc) is 2.63. The van der Waals surface area contributed by atoms with Crippen molar-refractivity contribution in [2.24, 2.45) is 0 Å². The van der Waals surface area contributed by atoms with Gasteiger partial charge in [-0.05, 0) is 29.8 Å². The summed E-state index contributed by atoms with van der Waals surface area (Å²) in [6.45, 7) is 0.427. The Bertz CT molecular complexity index is 780. The normalized spacial score (nSPS) is 10.5. The summed E-state index contributed by atoms with van der Waals surface area (Å²) in [5.41, 5.74) is 0.939. The molecule has 0 heterocycles. The molecule has 26 heavy (non-hydrogen) atoms. The summed E-state index contributed by atoms with van der Waals surface area (Å²) in [6, 6.07) is 14.3. The van der Waals surface area contributed by atoms with Crippen molar-refractivity contribution in [3.8, 4) is 5.75 Å². The van der Waals surface area contributed by atoms with E-state index in [1.807, 2.05) is 30.3 Å². The molecular formula is C19H18Cl2N2O3. The van der Waals surface area contributed by atoms with Gasteiger partial charge in [-0.3, -0.25) is 9.59 Å². The van der Waals surface area contributed by atoms with Gasteiger partial charge in [0.25, 0.3) is 5.91 Å². The largest absolute Gasteiger partial charge is 0.482 e. The fourth-order valence-corrected chi connectivity index (χ4v) is 2.43. The second kappa shape index (κ2) is 10.5. The molecule has 0 aliphatic heterocycles. The second-order valence-corrected chi connectivity index (χ2v) is 6.09. The SMILES string of the molecule is O=C(/C=C/c1ccccc1)NCCNC(=O)COc1ccc(Cl)cc1Cl. The third-order valence-electron chi connectivity index (χ3n) is 3.23. The van der Waals surface area contributed by atoms with Crippen LogP contribution in [0.1, 0.15) is 5.56 Å². The van der Waals surface area contributed by atoms with E-state index in [1.54, 1.807) is 18.2 Å². The van der Waals surface area contributed by atoms with Crippen molar-refractivity contribution in [3.63, 3.8) is 0 Å². The number of amides is 2. The second-order valence-electron chi connectivity index (χ2n) is 5.25. The van der Waals surface area contributed by atoms with Crippen LogP contribution < -0.4 is 15.4 Å². The lowest BCUT2D eigenvalue weighted by Gasteiger charge is -2.09. The standard InChI is InChI=1S/C19H18Cl2N2O3/c20-15-7-8-17(16(21)12-15)26-13-19(25)23-11-10-22-18(24)9-6-14-4-2-1-3-5-14/h1-9,12H,10-11,13H2,(H,22,24)(H,23,25)/b9-6+.